The van der Waals surface area contributed by atoms with Crippen LogP contribution in [0.1, 0.15) is 97.8 Å². The van der Waals surface area contributed by atoms with Crippen molar-refractivity contribution in [3.63, 3.8) is 0 Å². The minimum atomic E-state index is 0.361. The Kier molecular flexibility index (Phi) is 39.1. The Labute approximate surface area is 156 Å². The standard InChI is InChI=1S/C10H16O.C6H14O.C6H12O/c1-2-3-4-5-6-7-8-9-10-11;2*1-2-3-4-5-6-7/h6-10H,2-5H2,1H3;7H,2-6H2,1H3;6H,2-5H2,1H3. The third-order valence-corrected chi connectivity index (χ3v) is 3.35. The lowest BCUT2D eigenvalue weighted by Gasteiger charge is -1.90. The molecule has 0 atom stereocenters. The lowest BCUT2D eigenvalue weighted by atomic mass is 10.2. The summed E-state index contributed by atoms with van der Waals surface area (Å²) in [5.74, 6) is 0. The maximum Gasteiger partial charge on any atom is 0.142 e. The first-order valence-electron chi connectivity index (χ1n) is 10.1. The zero-order valence-electron chi connectivity index (χ0n) is 16.9. The Bertz CT molecular complexity index is 279. The molecule has 1 N–H and O–H groups in total. The number of aldehydes is 2. The van der Waals surface area contributed by atoms with Crippen molar-refractivity contribution in [2.75, 3.05) is 6.61 Å². The average molecular weight is 355 g/mol. The first-order chi connectivity index (χ1) is 12.2. The molecule has 148 valence electrons. The van der Waals surface area contributed by atoms with Crippen LogP contribution in [0.5, 0.6) is 0 Å². The van der Waals surface area contributed by atoms with E-state index in [-0.39, 0.29) is 0 Å². The summed E-state index contributed by atoms with van der Waals surface area (Å²) in [5, 5.41) is 8.29. The lowest BCUT2D eigenvalue weighted by Crippen LogP contribution is -1.80. The van der Waals surface area contributed by atoms with Crippen LogP contribution in [0.25, 0.3) is 0 Å². The number of carbonyl (C=O) groups excluding carboxylic acids is 2. The van der Waals surface area contributed by atoms with Gasteiger partial charge in [0.1, 0.15) is 12.6 Å². The van der Waals surface area contributed by atoms with Crippen molar-refractivity contribution >= 4 is 12.6 Å². The molecule has 0 aliphatic rings. The van der Waals surface area contributed by atoms with Gasteiger partial charge in [0.2, 0.25) is 0 Å². The van der Waals surface area contributed by atoms with Gasteiger partial charge in [0.25, 0.3) is 0 Å². The van der Waals surface area contributed by atoms with Crippen LogP contribution in [0, 0.1) is 0 Å². The van der Waals surface area contributed by atoms with E-state index in [1.807, 2.05) is 6.08 Å². The molecule has 3 heteroatoms. The van der Waals surface area contributed by atoms with Crippen LogP contribution in [0.2, 0.25) is 0 Å². The Hall–Kier alpha value is -1.22. The van der Waals surface area contributed by atoms with Crippen LogP contribution in [0.4, 0.5) is 0 Å². The van der Waals surface area contributed by atoms with Crippen molar-refractivity contribution in [3.05, 3.63) is 24.3 Å². The number of aliphatic hydroxyl groups excluding tert-OH is 1. The summed E-state index contributed by atoms with van der Waals surface area (Å²) in [6.45, 7) is 6.85. The first kappa shape index (κ1) is 28.6. The molecule has 0 radical (unpaired) electrons. The summed E-state index contributed by atoms with van der Waals surface area (Å²) in [6.07, 6.45) is 22.9. The van der Waals surface area contributed by atoms with Crippen molar-refractivity contribution < 1.29 is 14.7 Å². The van der Waals surface area contributed by atoms with Crippen molar-refractivity contribution in [2.45, 2.75) is 97.8 Å². The number of carbonyl (C=O) groups is 2. The van der Waals surface area contributed by atoms with E-state index in [1.165, 1.54) is 57.4 Å². The Morgan fingerprint density at radius 2 is 1.20 bits per heavy atom. The van der Waals surface area contributed by atoms with Crippen molar-refractivity contribution in [1.29, 1.82) is 0 Å². The fourth-order valence-corrected chi connectivity index (χ4v) is 1.81. The van der Waals surface area contributed by atoms with Gasteiger partial charge in [0, 0.05) is 13.0 Å². The molecule has 0 spiro atoms. The normalized spacial score (nSPS) is 10.1. The zero-order valence-corrected chi connectivity index (χ0v) is 16.9. The minimum absolute atomic E-state index is 0.361. The van der Waals surface area contributed by atoms with Gasteiger partial charge in [-0.25, -0.2) is 0 Å². The number of rotatable bonds is 14. The highest BCUT2D eigenvalue weighted by Crippen LogP contribution is 1.99. The van der Waals surface area contributed by atoms with E-state index in [0.29, 0.717) is 6.61 Å². The highest BCUT2D eigenvalue weighted by Gasteiger charge is 1.81. The molecule has 0 rings (SSSR count). The zero-order chi connectivity index (χ0) is 19.4. The molecule has 0 saturated carbocycles. The number of hydrogen-bond acceptors (Lipinski definition) is 3. The molecule has 0 aromatic rings. The van der Waals surface area contributed by atoms with Crippen LogP contribution >= 0.6 is 0 Å². The second-order valence-electron chi connectivity index (χ2n) is 5.89. The predicted octanol–water partition coefficient (Wildman–Crippen LogP) is 6.20. The fraction of sp³-hybridized carbons (Fsp3) is 0.727. The van der Waals surface area contributed by atoms with E-state index in [9.17, 15) is 9.59 Å². The molecular weight excluding hydrogens is 312 g/mol. The molecule has 0 aliphatic heterocycles. The van der Waals surface area contributed by atoms with Gasteiger partial charge in [0.05, 0.1) is 0 Å². The van der Waals surface area contributed by atoms with Crippen LogP contribution in [-0.2, 0) is 9.59 Å². The van der Waals surface area contributed by atoms with Crippen LogP contribution in [0.3, 0.4) is 0 Å². The molecule has 0 heterocycles. The van der Waals surface area contributed by atoms with Gasteiger partial charge < -0.3 is 9.90 Å². The Morgan fingerprint density at radius 1 is 0.640 bits per heavy atom. The lowest BCUT2D eigenvalue weighted by molar-refractivity contribution is -0.108. The van der Waals surface area contributed by atoms with Gasteiger partial charge in [-0.3, -0.25) is 4.79 Å². The second kappa shape index (κ2) is 34.2. The van der Waals surface area contributed by atoms with Gasteiger partial charge in [0.15, 0.2) is 0 Å². The number of allylic oxidation sites excluding steroid dienone is 4. The number of hydrogen-bond donors (Lipinski definition) is 1. The van der Waals surface area contributed by atoms with Crippen LogP contribution in [-0.4, -0.2) is 24.3 Å². The summed E-state index contributed by atoms with van der Waals surface area (Å²) in [4.78, 5) is 19.5. The van der Waals surface area contributed by atoms with E-state index in [1.54, 1.807) is 6.08 Å². The van der Waals surface area contributed by atoms with E-state index >= 15 is 0 Å². The topological polar surface area (TPSA) is 54.4 Å². The molecular formula is C22H42O3. The molecule has 0 bridgehead atoms. The smallest absolute Gasteiger partial charge is 0.142 e. The van der Waals surface area contributed by atoms with E-state index in [0.717, 1.165) is 38.3 Å². The van der Waals surface area contributed by atoms with Gasteiger partial charge in [-0.15, -0.1) is 0 Å². The first-order valence-corrected chi connectivity index (χ1v) is 10.1. The number of aliphatic hydroxyl groups is 1. The molecule has 0 saturated heterocycles. The van der Waals surface area contributed by atoms with E-state index in [2.05, 4.69) is 26.8 Å². The third-order valence-electron chi connectivity index (χ3n) is 3.35. The molecule has 0 unspecified atom stereocenters. The molecule has 3 nitrogen and oxygen atoms in total. The molecule has 0 fully saturated rings. The maximum absolute atomic E-state index is 9.82. The highest BCUT2D eigenvalue weighted by molar-refractivity contribution is 5.65. The largest absolute Gasteiger partial charge is 0.396 e. The third kappa shape index (κ3) is 45.0. The Balaban J connectivity index is -0.000000304. The molecule has 25 heavy (non-hydrogen) atoms. The molecule has 0 aliphatic carbocycles. The summed E-state index contributed by atoms with van der Waals surface area (Å²) >= 11 is 0. The quantitative estimate of drug-likeness (QED) is 0.175. The average Bonchev–Trinajstić information content (AvgIpc) is 2.63. The summed E-state index contributed by atoms with van der Waals surface area (Å²) in [7, 11) is 0. The van der Waals surface area contributed by atoms with Gasteiger partial charge in [-0.05, 0) is 31.8 Å². The predicted molar refractivity (Wildman–Crippen MR) is 110 cm³/mol. The van der Waals surface area contributed by atoms with E-state index < -0.39 is 0 Å². The summed E-state index contributed by atoms with van der Waals surface area (Å²) in [5.41, 5.74) is 0. The van der Waals surface area contributed by atoms with Crippen LogP contribution in [0.15, 0.2) is 24.3 Å². The van der Waals surface area contributed by atoms with Gasteiger partial charge in [-0.1, -0.05) is 83.9 Å². The van der Waals surface area contributed by atoms with Crippen molar-refractivity contribution in [2.24, 2.45) is 0 Å². The van der Waals surface area contributed by atoms with Gasteiger partial charge >= 0.3 is 0 Å². The van der Waals surface area contributed by atoms with Crippen molar-refractivity contribution in [1.82, 2.24) is 0 Å². The SMILES string of the molecule is CCCCCC=CC=CC=O.CCCCCC=O.CCCCCCO. The fourth-order valence-electron chi connectivity index (χ4n) is 1.81. The second-order valence-corrected chi connectivity index (χ2v) is 5.89. The summed E-state index contributed by atoms with van der Waals surface area (Å²) in [6, 6.07) is 0. The Morgan fingerprint density at radius 3 is 1.68 bits per heavy atom. The maximum atomic E-state index is 9.82. The minimum Gasteiger partial charge on any atom is -0.396 e. The number of unbranched alkanes of at least 4 members (excludes halogenated alkanes) is 9. The highest BCUT2D eigenvalue weighted by atomic mass is 16.2. The molecule has 0 amide bonds. The van der Waals surface area contributed by atoms with Crippen molar-refractivity contribution in [3.8, 4) is 0 Å². The van der Waals surface area contributed by atoms with Gasteiger partial charge in [-0.2, -0.15) is 0 Å². The van der Waals surface area contributed by atoms with E-state index in [4.69, 9.17) is 5.11 Å². The molecule has 0 aromatic carbocycles. The molecule has 0 aromatic heterocycles. The van der Waals surface area contributed by atoms with Crippen LogP contribution < -0.4 is 0 Å². The monoisotopic (exact) mass is 354 g/mol. The summed E-state index contributed by atoms with van der Waals surface area (Å²) < 4.78 is 0.